The molecule has 1 saturated carbocycles. The SMILES string of the molecule is CC1CCC(CNc2c(NC(=O)O)cc(Cl)nc2Cl)CC1. The topological polar surface area (TPSA) is 74.2 Å². The van der Waals surface area contributed by atoms with Crippen LogP contribution in [0.5, 0.6) is 0 Å². The lowest BCUT2D eigenvalue weighted by Gasteiger charge is -2.27. The van der Waals surface area contributed by atoms with Gasteiger partial charge in [0, 0.05) is 12.6 Å². The molecule has 0 unspecified atom stereocenters. The van der Waals surface area contributed by atoms with Gasteiger partial charge in [-0.05, 0) is 24.7 Å². The first-order chi connectivity index (χ1) is 9.95. The van der Waals surface area contributed by atoms with Crippen LogP contribution in [-0.4, -0.2) is 22.7 Å². The molecule has 0 atom stereocenters. The average Bonchev–Trinajstić information content (AvgIpc) is 2.39. The van der Waals surface area contributed by atoms with E-state index < -0.39 is 6.09 Å². The molecule has 1 fully saturated rings. The lowest BCUT2D eigenvalue weighted by Crippen LogP contribution is -2.21. The monoisotopic (exact) mass is 331 g/mol. The second-order valence-corrected chi connectivity index (χ2v) is 6.34. The summed E-state index contributed by atoms with van der Waals surface area (Å²) in [5.74, 6) is 1.37. The van der Waals surface area contributed by atoms with E-state index in [1.807, 2.05) is 0 Å². The highest BCUT2D eigenvalue weighted by atomic mass is 35.5. The third-order valence-electron chi connectivity index (χ3n) is 3.89. The molecular weight excluding hydrogens is 313 g/mol. The first kappa shape index (κ1) is 16.2. The zero-order chi connectivity index (χ0) is 15.4. The minimum atomic E-state index is -1.16. The minimum Gasteiger partial charge on any atom is -0.465 e. The van der Waals surface area contributed by atoms with Crippen LogP contribution in [0, 0.1) is 11.8 Å². The van der Waals surface area contributed by atoms with Crippen molar-refractivity contribution < 1.29 is 9.90 Å². The van der Waals surface area contributed by atoms with Crippen LogP contribution in [0.4, 0.5) is 16.2 Å². The molecule has 0 aliphatic heterocycles. The number of carbonyl (C=O) groups is 1. The molecule has 1 amide bonds. The van der Waals surface area contributed by atoms with Gasteiger partial charge in [0.15, 0.2) is 5.15 Å². The molecule has 1 aromatic heterocycles. The molecule has 1 aliphatic rings. The zero-order valence-electron chi connectivity index (χ0n) is 11.8. The van der Waals surface area contributed by atoms with Crippen LogP contribution in [0.3, 0.4) is 0 Å². The van der Waals surface area contributed by atoms with Crippen LogP contribution in [-0.2, 0) is 0 Å². The number of anilines is 2. The molecular formula is C14H19Cl2N3O2. The van der Waals surface area contributed by atoms with Crippen molar-refractivity contribution in [1.82, 2.24) is 4.98 Å². The fraction of sp³-hybridized carbons (Fsp3) is 0.571. The number of amides is 1. The quantitative estimate of drug-likeness (QED) is 0.698. The highest BCUT2D eigenvalue weighted by Crippen LogP contribution is 2.33. The van der Waals surface area contributed by atoms with E-state index in [1.54, 1.807) is 0 Å². The summed E-state index contributed by atoms with van der Waals surface area (Å²) in [5, 5.41) is 14.7. The molecule has 21 heavy (non-hydrogen) atoms. The maximum Gasteiger partial charge on any atom is 0.409 e. The van der Waals surface area contributed by atoms with Gasteiger partial charge in [-0.3, -0.25) is 5.32 Å². The molecule has 7 heteroatoms. The fourth-order valence-electron chi connectivity index (χ4n) is 2.65. The summed E-state index contributed by atoms with van der Waals surface area (Å²) in [4.78, 5) is 14.8. The first-order valence-corrected chi connectivity index (χ1v) is 7.81. The third-order valence-corrected chi connectivity index (χ3v) is 4.36. The van der Waals surface area contributed by atoms with E-state index in [-0.39, 0.29) is 10.3 Å². The number of hydrogen-bond donors (Lipinski definition) is 3. The smallest absolute Gasteiger partial charge is 0.409 e. The molecule has 3 N–H and O–H groups in total. The number of aromatic nitrogens is 1. The van der Waals surface area contributed by atoms with Crippen molar-refractivity contribution in [3.8, 4) is 0 Å². The summed E-state index contributed by atoms with van der Waals surface area (Å²) >= 11 is 11.9. The van der Waals surface area contributed by atoms with Gasteiger partial charge in [0.25, 0.3) is 0 Å². The number of carboxylic acid groups (broad SMARTS) is 1. The molecule has 1 aliphatic carbocycles. The summed E-state index contributed by atoms with van der Waals surface area (Å²) in [6, 6.07) is 1.45. The van der Waals surface area contributed by atoms with Crippen LogP contribution < -0.4 is 10.6 Å². The predicted molar refractivity (Wildman–Crippen MR) is 85.5 cm³/mol. The van der Waals surface area contributed by atoms with E-state index in [4.69, 9.17) is 28.3 Å². The van der Waals surface area contributed by atoms with E-state index in [0.717, 1.165) is 12.5 Å². The zero-order valence-corrected chi connectivity index (χ0v) is 13.3. The normalized spacial score (nSPS) is 21.9. The van der Waals surface area contributed by atoms with Crippen molar-refractivity contribution >= 4 is 40.7 Å². The Morgan fingerprint density at radius 2 is 2.05 bits per heavy atom. The van der Waals surface area contributed by atoms with Gasteiger partial charge < -0.3 is 10.4 Å². The maximum atomic E-state index is 10.8. The minimum absolute atomic E-state index is 0.154. The Hall–Kier alpha value is -1.20. The van der Waals surface area contributed by atoms with Crippen molar-refractivity contribution in [3.63, 3.8) is 0 Å². The van der Waals surface area contributed by atoms with Crippen molar-refractivity contribution in [3.05, 3.63) is 16.4 Å². The number of hydrogen-bond acceptors (Lipinski definition) is 3. The van der Waals surface area contributed by atoms with Crippen molar-refractivity contribution in [2.75, 3.05) is 17.2 Å². The van der Waals surface area contributed by atoms with Gasteiger partial charge in [-0.25, -0.2) is 9.78 Å². The van der Waals surface area contributed by atoms with E-state index in [1.165, 1.54) is 31.7 Å². The molecule has 0 aromatic carbocycles. The summed E-state index contributed by atoms with van der Waals surface area (Å²) in [6.45, 7) is 3.03. The molecule has 0 radical (unpaired) electrons. The molecule has 1 heterocycles. The van der Waals surface area contributed by atoms with Gasteiger partial charge >= 0.3 is 6.09 Å². The van der Waals surface area contributed by atoms with Crippen LogP contribution in [0.25, 0.3) is 0 Å². The molecule has 2 rings (SSSR count). The highest BCUT2D eigenvalue weighted by molar-refractivity contribution is 6.35. The number of halogens is 2. The summed E-state index contributed by atoms with van der Waals surface area (Å²) < 4.78 is 0. The number of nitrogens with zero attached hydrogens (tertiary/aromatic N) is 1. The number of nitrogens with one attached hydrogen (secondary N) is 2. The van der Waals surface area contributed by atoms with Gasteiger partial charge in [-0.15, -0.1) is 0 Å². The average molecular weight is 332 g/mol. The van der Waals surface area contributed by atoms with Crippen LogP contribution in [0.15, 0.2) is 6.07 Å². The van der Waals surface area contributed by atoms with Gasteiger partial charge in [0.1, 0.15) is 5.15 Å². The van der Waals surface area contributed by atoms with Gasteiger partial charge in [-0.2, -0.15) is 0 Å². The fourth-order valence-corrected chi connectivity index (χ4v) is 3.14. The maximum absolute atomic E-state index is 10.8. The lowest BCUT2D eigenvalue weighted by molar-refractivity contribution is 0.210. The number of rotatable bonds is 4. The summed E-state index contributed by atoms with van der Waals surface area (Å²) in [5.41, 5.74) is 0.818. The second-order valence-electron chi connectivity index (χ2n) is 5.60. The summed E-state index contributed by atoms with van der Waals surface area (Å²) in [7, 11) is 0. The Balaban J connectivity index is 2.06. The van der Waals surface area contributed by atoms with E-state index in [0.29, 0.717) is 17.3 Å². The third kappa shape index (κ3) is 4.64. The second kappa shape index (κ2) is 7.18. The van der Waals surface area contributed by atoms with E-state index in [9.17, 15) is 4.79 Å². The Bertz CT molecular complexity index is 517. The highest BCUT2D eigenvalue weighted by Gasteiger charge is 2.19. The largest absolute Gasteiger partial charge is 0.465 e. The standard InChI is InChI=1S/C14H19Cl2N3O2/c1-8-2-4-9(5-3-8)7-17-12-10(18-14(20)21)6-11(15)19-13(12)16/h6,8-9,17H,2-5,7H2,1H3,(H,18,19)(H,20,21). The summed E-state index contributed by atoms with van der Waals surface area (Å²) in [6.07, 6.45) is 3.66. The predicted octanol–water partition coefficient (Wildman–Crippen LogP) is 4.72. The van der Waals surface area contributed by atoms with Crippen LogP contribution >= 0.6 is 23.2 Å². The van der Waals surface area contributed by atoms with Crippen molar-refractivity contribution in [2.45, 2.75) is 32.6 Å². The molecule has 116 valence electrons. The van der Waals surface area contributed by atoms with Gasteiger partial charge in [0.05, 0.1) is 11.4 Å². The van der Waals surface area contributed by atoms with Crippen LogP contribution in [0.2, 0.25) is 10.3 Å². The molecule has 5 nitrogen and oxygen atoms in total. The molecule has 0 bridgehead atoms. The Kier molecular flexibility index (Phi) is 5.53. The van der Waals surface area contributed by atoms with Gasteiger partial charge in [0.2, 0.25) is 0 Å². The first-order valence-electron chi connectivity index (χ1n) is 7.05. The lowest BCUT2D eigenvalue weighted by atomic mass is 9.83. The van der Waals surface area contributed by atoms with Crippen molar-refractivity contribution in [2.24, 2.45) is 11.8 Å². The molecule has 0 saturated heterocycles. The van der Waals surface area contributed by atoms with Crippen LogP contribution in [0.1, 0.15) is 32.6 Å². The van der Waals surface area contributed by atoms with Gasteiger partial charge in [-0.1, -0.05) is 43.0 Å². The van der Waals surface area contributed by atoms with E-state index in [2.05, 4.69) is 22.5 Å². The van der Waals surface area contributed by atoms with Crippen molar-refractivity contribution in [1.29, 1.82) is 0 Å². The Labute approximate surface area is 134 Å². The molecule has 1 aromatic rings. The van der Waals surface area contributed by atoms with E-state index >= 15 is 0 Å². The Morgan fingerprint density at radius 3 is 2.67 bits per heavy atom. The number of pyridine rings is 1. The Morgan fingerprint density at radius 1 is 1.38 bits per heavy atom. The molecule has 0 spiro atoms.